The van der Waals surface area contributed by atoms with Gasteiger partial charge in [0.2, 0.25) is 0 Å². The molecule has 1 aromatic carbocycles. The van der Waals surface area contributed by atoms with E-state index >= 15 is 0 Å². The molecule has 1 aromatic heterocycles. The van der Waals surface area contributed by atoms with Crippen LogP contribution in [0.3, 0.4) is 0 Å². The number of aromatic nitrogens is 1. The zero-order valence-electron chi connectivity index (χ0n) is 8.45. The van der Waals surface area contributed by atoms with E-state index in [0.29, 0.717) is 12.5 Å². The molecule has 0 bridgehead atoms. The molecule has 2 rings (SSSR count). The molecule has 2 N–H and O–H groups in total. The number of benzene rings is 1. The summed E-state index contributed by atoms with van der Waals surface area (Å²) in [7, 11) is 0. The van der Waals surface area contributed by atoms with E-state index in [4.69, 9.17) is 5.73 Å². The van der Waals surface area contributed by atoms with E-state index in [0.717, 1.165) is 10.5 Å². The molecule has 0 saturated carbocycles. The Labute approximate surface area is 87.8 Å². The van der Waals surface area contributed by atoms with Crippen LogP contribution in [0.4, 0.5) is 0 Å². The molecule has 0 amide bonds. The fourth-order valence-electron chi connectivity index (χ4n) is 1.44. The van der Waals surface area contributed by atoms with Crippen molar-refractivity contribution in [1.82, 2.24) is 4.98 Å². The maximum absolute atomic E-state index is 5.56. The van der Waals surface area contributed by atoms with Crippen molar-refractivity contribution in [3.05, 3.63) is 28.8 Å². The monoisotopic (exact) mass is 206 g/mol. The first-order valence-electron chi connectivity index (χ1n) is 4.80. The molecule has 0 aliphatic heterocycles. The van der Waals surface area contributed by atoms with E-state index in [-0.39, 0.29) is 0 Å². The number of hydrogen-bond donors (Lipinski definition) is 1. The molecule has 0 aliphatic rings. The SMILES string of the molecule is CC(C)c1ccc2nc(CN)sc2c1. The third-order valence-electron chi connectivity index (χ3n) is 2.30. The summed E-state index contributed by atoms with van der Waals surface area (Å²) in [5.41, 5.74) is 7.99. The highest BCUT2D eigenvalue weighted by Gasteiger charge is 2.04. The lowest BCUT2D eigenvalue weighted by atomic mass is 10.0. The topological polar surface area (TPSA) is 38.9 Å². The van der Waals surface area contributed by atoms with E-state index in [1.807, 2.05) is 0 Å². The van der Waals surface area contributed by atoms with Gasteiger partial charge in [-0.1, -0.05) is 19.9 Å². The minimum Gasteiger partial charge on any atom is -0.325 e. The number of nitrogens with zero attached hydrogens (tertiary/aromatic N) is 1. The van der Waals surface area contributed by atoms with Crippen LogP contribution in [0.15, 0.2) is 18.2 Å². The highest BCUT2D eigenvalue weighted by molar-refractivity contribution is 7.18. The van der Waals surface area contributed by atoms with E-state index < -0.39 is 0 Å². The second-order valence-corrected chi connectivity index (χ2v) is 4.81. The molecule has 0 radical (unpaired) electrons. The normalized spacial score (nSPS) is 11.4. The van der Waals surface area contributed by atoms with Gasteiger partial charge in [-0.3, -0.25) is 0 Å². The van der Waals surface area contributed by atoms with Gasteiger partial charge in [-0.05, 0) is 23.6 Å². The van der Waals surface area contributed by atoms with Crippen molar-refractivity contribution in [3.63, 3.8) is 0 Å². The van der Waals surface area contributed by atoms with Crippen molar-refractivity contribution in [2.75, 3.05) is 0 Å². The molecule has 3 heteroatoms. The van der Waals surface area contributed by atoms with Crippen LogP contribution in [0.2, 0.25) is 0 Å². The molecule has 2 nitrogen and oxygen atoms in total. The van der Waals surface area contributed by atoms with Gasteiger partial charge in [0.25, 0.3) is 0 Å². The number of nitrogens with two attached hydrogens (primary N) is 1. The van der Waals surface area contributed by atoms with Gasteiger partial charge in [0, 0.05) is 6.54 Å². The Hall–Kier alpha value is -0.930. The van der Waals surface area contributed by atoms with Crippen LogP contribution < -0.4 is 5.73 Å². The van der Waals surface area contributed by atoms with E-state index in [1.165, 1.54) is 10.3 Å². The second-order valence-electron chi connectivity index (χ2n) is 3.69. The fourth-order valence-corrected chi connectivity index (χ4v) is 2.33. The minimum absolute atomic E-state index is 0.538. The van der Waals surface area contributed by atoms with Crippen molar-refractivity contribution >= 4 is 21.6 Å². The lowest BCUT2D eigenvalue weighted by Crippen LogP contribution is -1.93. The average Bonchev–Trinajstić information content (AvgIpc) is 2.58. The maximum atomic E-state index is 5.56. The minimum atomic E-state index is 0.538. The first-order valence-corrected chi connectivity index (χ1v) is 5.62. The van der Waals surface area contributed by atoms with Gasteiger partial charge >= 0.3 is 0 Å². The van der Waals surface area contributed by atoms with Gasteiger partial charge in [-0.25, -0.2) is 4.98 Å². The fraction of sp³-hybridized carbons (Fsp3) is 0.364. The van der Waals surface area contributed by atoms with Crippen LogP contribution in [0.1, 0.15) is 30.3 Å². The Balaban J connectivity index is 2.54. The summed E-state index contributed by atoms with van der Waals surface area (Å²) in [5.74, 6) is 0.572. The standard InChI is InChI=1S/C11H14N2S/c1-7(2)8-3-4-9-10(5-8)14-11(6-12)13-9/h3-5,7H,6,12H2,1-2H3. The predicted octanol–water partition coefficient (Wildman–Crippen LogP) is 2.88. The molecule has 14 heavy (non-hydrogen) atoms. The molecular weight excluding hydrogens is 192 g/mol. The molecule has 0 aliphatic carbocycles. The third-order valence-corrected chi connectivity index (χ3v) is 3.34. The molecule has 2 aromatic rings. The van der Waals surface area contributed by atoms with Crippen LogP contribution in [0.25, 0.3) is 10.2 Å². The van der Waals surface area contributed by atoms with Gasteiger partial charge < -0.3 is 5.73 Å². The summed E-state index contributed by atoms with van der Waals surface area (Å²) >= 11 is 1.69. The predicted molar refractivity (Wildman–Crippen MR) is 61.6 cm³/mol. The summed E-state index contributed by atoms with van der Waals surface area (Å²) in [4.78, 5) is 4.43. The van der Waals surface area contributed by atoms with Crippen molar-refractivity contribution in [2.24, 2.45) is 5.73 Å². The summed E-state index contributed by atoms with van der Waals surface area (Å²) in [6.07, 6.45) is 0. The number of hydrogen-bond acceptors (Lipinski definition) is 3. The van der Waals surface area contributed by atoms with Crippen LogP contribution in [0, 0.1) is 0 Å². The van der Waals surface area contributed by atoms with E-state index in [1.54, 1.807) is 11.3 Å². The Morgan fingerprint density at radius 1 is 1.43 bits per heavy atom. The van der Waals surface area contributed by atoms with Gasteiger partial charge in [0.1, 0.15) is 5.01 Å². The van der Waals surface area contributed by atoms with E-state index in [9.17, 15) is 0 Å². The van der Waals surface area contributed by atoms with Crippen molar-refractivity contribution in [2.45, 2.75) is 26.3 Å². The summed E-state index contributed by atoms with van der Waals surface area (Å²) in [6, 6.07) is 6.45. The zero-order valence-corrected chi connectivity index (χ0v) is 9.27. The van der Waals surface area contributed by atoms with Crippen LogP contribution in [0.5, 0.6) is 0 Å². The molecule has 74 valence electrons. The number of rotatable bonds is 2. The first kappa shape index (κ1) is 9.62. The molecular formula is C11H14N2S. The lowest BCUT2D eigenvalue weighted by molar-refractivity contribution is 0.869. The lowest BCUT2D eigenvalue weighted by Gasteiger charge is -2.03. The third kappa shape index (κ3) is 1.65. The Morgan fingerprint density at radius 2 is 2.21 bits per heavy atom. The smallest absolute Gasteiger partial charge is 0.107 e. The van der Waals surface area contributed by atoms with E-state index in [2.05, 4.69) is 37.0 Å². The highest BCUT2D eigenvalue weighted by atomic mass is 32.1. The summed E-state index contributed by atoms with van der Waals surface area (Å²) in [6.45, 7) is 4.94. The van der Waals surface area contributed by atoms with Crippen molar-refractivity contribution in [1.29, 1.82) is 0 Å². The highest BCUT2D eigenvalue weighted by Crippen LogP contribution is 2.25. The molecule has 0 atom stereocenters. The quantitative estimate of drug-likeness (QED) is 0.820. The largest absolute Gasteiger partial charge is 0.325 e. The molecule has 1 heterocycles. The number of fused-ring (bicyclic) bond motifs is 1. The van der Waals surface area contributed by atoms with Gasteiger partial charge in [-0.15, -0.1) is 11.3 Å². The van der Waals surface area contributed by atoms with Crippen LogP contribution in [-0.2, 0) is 6.54 Å². The molecule has 0 fully saturated rings. The van der Waals surface area contributed by atoms with Crippen LogP contribution in [-0.4, -0.2) is 4.98 Å². The molecule has 0 spiro atoms. The maximum Gasteiger partial charge on any atom is 0.107 e. The van der Waals surface area contributed by atoms with Crippen LogP contribution >= 0.6 is 11.3 Å². The number of thiazole rings is 1. The zero-order chi connectivity index (χ0) is 10.1. The second kappa shape index (κ2) is 3.67. The average molecular weight is 206 g/mol. The van der Waals surface area contributed by atoms with Crippen molar-refractivity contribution < 1.29 is 0 Å². The molecule has 0 unspecified atom stereocenters. The van der Waals surface area contributed by atoms with Crippen molar-refractivity contribution in [3.8, 4) is 0 Å². The Morgan fingerprint density at radius 3 is 2.86 bits per heavy atom. The molecule has 0 saturated heterocycles. The van der Waals surface area contributed by atoms with Gasteiger partial charge in [-0.2, -0.15) is 0 Å². The van der Waals surface area contributed by atoms with Gasteiger partial charge in [0.15, 0.2) is 0 Å². The summed E-state index contributed by atoms with van der Waals surface area (Å²) in [5, 5.41) is 1.01. The Kier molecular flexibility index (Phi) is 2.52. The summed E-state index contributed by atoms with van der Waals surface area (Å²) < 4.78 is 1.25. The first-order chi connectivity index (χ1) is 6.70. The van der Waals surface area contributed by atoms with Gasteiger partial charge in [0.05, 0.1) is 10.2 Å². The Bertz CT molecular complexity index is 445.